The van der Waals surface area contributed by atoms with Crippen LogP contribution in [0.3, 0.4) is 0 Å². The van der Waals surface area contributed by atoms with Crippen molar-refractivity contribution in [3.63, 3.8) is 0 Å². The summed E-state index contributed by atoms with van der Waals surface area (Å²) < 4.78 is 1.90. The van der Waals surface area contributed by atoms with Gasteiger partial charge >= 0.3 is 0 Å². The molecule has 0 amide bonds. The van der Waals surface area contributed by atoms with Crippen LogP contribution in [0.1, 0.15) is 16.7 Å². The predicted molar refractivity (Wildman–Crippen MR) is 93.5 cm³/mol. The molecule has 1 aliphatic heterocycles. The number of fused-ring (bicyclic) bond motifs is 1. The second kappa shape index (κ2) is 5.66. The van der Waals surface area contributed by atoms with Gasteiger partial charge in [-0.2, -0.15) is 5.26 Å². The van der Waals surface area contributed by atoms with Crippen molar-refractivity contribution in [1.29, 1.82) is 5.26 Å². The summed E-state index contributed by atoms with van der Waals surface area (Å²) in [6.45, 7) is 2.87. The number of rotatable bonds is 2. The third-order valence-corrected chi connectivity index (χ3v) is 4.51. The zero-order valence-corrected chi connectivity index (χ0v) is 13.8. The van der Waals surface area contributed by atoms with E-state index >= 15 is 0 Å². The maximum atomic E-state index is 9.55. The Morgan fingerprint density at radius 3 is 2.96 bits per heavy atom. The molecule has 0 saturated carbocycles. The Balaban J connectivity index is 1.90. The van der Waals surface area contributed by atoms with Crippen molar-refractivity contribution >= 4 is 17.4 Å². The van der Waals surface area contributed by atoms with Gasteiger partial charge < -0.3 is 9.88 Å². The molecule has 118 valence electrons. The number of benzene rings is 1. The van der Waals surface area contributed by atoms with E-state index in [4.69, 9.17) is 11.6 Å². The molecule has 1 aliphatic rings. The Kier molecular flexibility index (Phi) is 3.47. The minimum absolute atomic E-state index is 0.596. The maximum Gasteiger partial charge on any atom is 0.145 e. The van der Waals surface area contributed by atoms with E-state index in [0.717, 1.165) is 46.9 Å². The summed E-state index contributed by atoms with van der Waals surface area (Å²) in [4.78, 5) is 8.68. The highest BCUT2D eigenvalue weighted by molar-refractivity contribution is 6.30. The van der Waals surface area contributed by atoms with Crippen LogP contribution in [-0.4, -0.2) is 21.1 Å². The fourth-order valence-corrected chi connectivity index (χ4v) is 3.25. The number of hydrogen-bond donors (Lipinski definition) is 1. The number of aromatic nitrogens is 3. The molecule has 5 nitrogen and oxygen atoms in total. The zero-order chi connectivity index (χ0) is 16.7. The third kappa shape index (κ3) is 2.32. The lowest BCUT2D eigenvalue weighted by molar-refractivity contribution is 0.951. The van der Waals surface area contributed by atoms with Crippen LogP contribution in [0.15, 0.2) is 36.9 Å². The Morgan fingerprint density at radius 2 is 2.12 bits per heavy atom. The molecular weight excluding hydrogens is 322 g/mol. The molecular formula is C18H14ClN5. The van der Waals surface area contributed by atoms with Crippen molar-refractivity contribution in [3.8, 4) is 23.0 Å². The van der Waals surface area contributed by atoms with E-state index in [1.807, 2.05) is 42.1 Å². The van der Waals surface area contributed by atoms with Crippen molar-refractivity contribution in [2.45, 2.75) is 13.3 Å². The zero-order valence-electron chi connectivity index (χ0n) is 13.0. The van der Waals surface area contributed by atoms with Gasteiger partial charge in [0.15, 0.2) is 0 Å². The first-order valence-electron chi connectivity index (χ1n) is 7.64. The first-order valence-corrected chi connectivity index (χ1v) is 8.02. The molecule has 2 aromatic heterocycles. The highest BCUT2D eigenvalue weighted by atomic mass is 35.5. The summed E-state index contributed by atoms with van der Waals surface area (Å²) in [7, 11) is 0. The van der Waals surface area contributed by atoms with Crippen LogP contribution >= 0.6 is 11.6 Å². The van der Waals surface area contributed by atoms with Gasteiger partial charge in [-0.25, -0.2) is 9.97 Å². The summed E-state index contributed by atoms with van der Waals surface area (Å²) in [5.41, 5.74) is 4.56. The van der Waals surface area contributed by atoms with Crippen LogP contribution in [0.25, 0.3) is 16.9 Å². The van der Waals surface area contributed by atoms with Crippen molar-refractivity contribution in [2.24, 2.45) is 0 Å². The number of nitriles is 1. The average Bonchev–Trinajstić information content (AvgIpc) is 3.23. The Hall–Kier alpha value is -2.84. The Morgan fingerprint density at radius 1 is 1.25 bits per heavy atom. The van der Waals surface area contributed by atoms with Crippen LogP contribution in [0.2, 0.25) is 5.02 Å². The number of nitrogens with zero attached hydrogens (tertiary/aromatic N) is 4. The quantitative estimate of drug-likeness (QED) is 0.774. The minimum atomic E-state index is 0.596. The van der Waals surface area contributed by atoms with Crippen molar-refractivity contribution in [3.05, 3.63) is 58.6 Å². The lowest BCUT2D eigenvalue weighted by atomic mass is 10.0. The van der Waals surface area contributed by atoms with E-state index < -0.39 is 0 Å². The molecule has 4 rings (SSSR count). The SMILES string of the molecule is Cc1ccc(Cl)cc1-c1cn(-c2ncnc3c2CCN3)cc1C#N. The molecule has 1 aromatic carbocycles. The molecule has 3 aromatic rings. The fraction of sp³-hybridized carbons (Fsp3) is 0.167. The molecule has 0 fully saturated rings. The largest absolute Gasteiger partial charge is 0.369 e. The lowest BCUT2D eigenvalue weighted by Gasteiger charge is -2.07. The van der Waals surface area contributed by atoms with Crippen LogP contribution in [0.4, 0.5) is 5.82 Å². The van der Waals surface area contributed by atoms with Crippen LogP contribution in [0.5, 0.6) is 0 Å². The van der Waals surface area contributed by atoms with E-state index in [-0.39, 0.29) is 0 Å². The number of halogens is 1. The van der Waals surface area contributed by atoms with Gasteiger partial charge in [0, 0.05) is 35.1 Å². The van der Waals surface area contributed by atoms with Gasteiger partial charge in [0.25, 0.3) is 0 Å². The van der Waals surface area contributed by atoms with Gasteiger partial charge in [-0.1, -0.05) is 17.7 Å². The predicted octanol–water partition coefficient (Wildman–Crippen LogP) is 3.74. The minimum Gasteiger partial charge on any atom is -0.369 e. The molecule has 3 heterocycles. The summed E-state index contributed by atoms with van der Waals surface area (Å²) in [5, 5.41) is 13.5. The van der Waals surface area contributed by atoms with Gasteiger partial charge in [-0.05, 0) is 36.6 Å². The number of nitrogens with one attached hydrogen (secondary N) is 1. The first-order chi connectivity index (χ1) is 11.7. The third-order valence-electron chi connectivity index (χ3n) is 4.27. The van der Waals surface area contributed by atoms with Gasteiger partial charge in [-0.3, -0.25) is 0 Å². The summed E-state index contributed by atoms with van der Waals surface area (Å²) in [6, 6.07) is 7.98. The van der Waals surface area contributed by atoms with Gasteiger partial charge in [0.1, 0.15) is 24.0 Å². The lowest BCUT2D eigenvalue weighted by Crippen LogP contribution is -2.00. The molecule has 24 heavy (non-hydrogen) atoms. The van der Waals surface area contributed by atoms with E-state index in [1.165, 1.54) is 0 Å². The molecule has 0 saturated heterocycles. The summed E-state index contributed by atoms with van der Waals surface area (Å²) in [6.07, 6.45) is 6.18. The van der Waals surface area contributed by atoms with Crippen LogP contribution in [0, 0.1) is 18.3 Å². The van der Waals surface area contributed by atoms with Gasteiger partial charge in [0.2, 0.25) is 0 Å². The van der Waals surface area contributed by atoms with Gasteiger partial charge in [0.05, 0.1) is 5.56 Å². The number of anilines is 1. The highest BCUT2D eigenvalue weighted by Crippen LogP contribution is 2.32. The van der Waals surface area contributed by atoms with E-state index in [0.29, 0.717) is 10.6 Å². The molecule has 0 atom stereocenters. The first kappa shape index (κ1) is 14.7. The highest BCUT2D eigenvalue weighted by Gasteiger charge is 2.20. The monoisotopic (exact) mass is 335 g/mol. The summed E-state index contributed by atoms with van der Waals surface area (Å²) >= 11 is 6.14. The topological polar surface area (TPSA) is 66.5 Å². The number of aryl methyl sites for hydroxylation is 1. The Bertz CT molecular complexity index is 984. The van der Waals surface area contributed by atoms with E-state index in [2.05, 4.69) is 21.4 Å². The second-order valence-corrected chi connectivity index (χ2v) is 6.20. The molecule has 1 N–H and O–H groups in total. The number of hydrogen-bond acceptors (Lipinski definition) is 4. The fourth-order valence-electron chi connectivity index (χ4n) is 3.08. The molecule has 6 heteroatoms. The standard InChI is InChI=1S/C18H14ClN5/c1-11-2-3-13(19)6-15(11)16-9-24(8-12(16)7-20)18-14-4-5-21-17(14)22-10-23-18/h2-3,6,8-10H,4-5H2,1H3,(H,21,22,23). The van der Waals surface area contributed by atoms with Crippen molar-refractivity contribution < 1.29 is 0 Å². The molecule has 0 unspecified atom stereocenters. The van der Waals surface area contributed by atoms with E-state index in [1.54, 1.807) is 6.33 Å². The van der Waals surface area contributed by atoms with Crippen LogP contribution in [-0.2, 0) is 6.42 Å². The van der Waals surface area contributed by atoms with Gasteiger partial charge in [-0.15, -0.1) is 0 Å². The van der Waals surface area contributed by atoms with E-state index in [9.17, 15) is 5.26 Å². The smallest absolute Gasteiger partial charge is 0.145 e. The molecule has 0 bridgehead atoms. The normalized spacial score (nSPS) is 12.5. The molecule has 0 radical (unpaired) electrons. The Labute approximate surface area is 144 Å². The molecule has 0 aliphatic carbocycles. The van der Waals surface area contributed by atoms with Crippen molar-refractivity contribution in [2.75, 3.05) is 11.9 Å². The summed E-state index contributed by atoms with van der Waals surface area (Å²) in [5.74, 6) is 1.68. The van der Waals surface area contributed by atoms with Crippen LogP contribution < -0.4 is 5.32 Å². The van der Waals surface area contributed by atoms with Crippen molar-refractivity contribution in [1.82, 2.24) is 14.5 Å². The maximum absolute atomic E-state index is 9.55. The molecule has 0 spiro atoms. The average molecular weight is 336 g/mol. The second-order valence-electron chi connectivity index (χ2n) is 5.77.